The molecular weight excluding hydrogens is 248 g/mol. The Morgan fingerprint density at radius 2 is 2.00 bits per heavy atom. The number of rotatable bonds is 3. The van der Waals surface area contributed by atoms with Crippen LogP contribution in [0.5, 0.6) is 0 Å². The average Bonchev–Trinajstić information content (AvgIpc) is 2.46. The lowest BCUT2D eigenvalue weighted by Gasteiger charge is -2.36. The van der Waals surface area contributed by atoms with Crippen molar-refractivity contribution in [3.05, 3.63) is 29.3 Å². The van der Waals surface area contributed by atoms with Crippen LogP contribution in [0.1, 0.15) is 48.5 Å². The average molecular weight is 274 g/mol. The lowest BCUT2D eigenvalue weighted by molar-refractivity contribution is 0.0630. The van der Waals surface area contributed by atoms with Crippen molar-refractivity contribution in [2.45, 2.75) is 45.6 Å². The van der Waals surface area contributed by atoms with Crippen LogP contribution in [0, 0.1) is 12.8 Å². The number of carbonyl (C=O) groups is 1. The van der Waals surface area contributed by atoms with Gasteiger partial charge in [-0.3, -0.25) is 4.79 Å². The van der Waals surface area contributed by atoms with Gasteiger partial charge in [0.25, 0.3) is 5.91 Å². The van der Waals surface area contributed by atoms with Crippen LogP contribution < -0.4 is 5.32 Å². The zero-order chi connectivity index (χ0) is 14.7. The van der Waals surface area contributed by atoms with Crippen LogP contribution in [0.25, 0.3) is 0 Å². The summed E-state index contributed by atoms with van der Waals surface area (Å²) in [7, 11) is 3.82. The highest BCUT2D eigenvalue weighted by Gasteiger charge is 2.29. The summed E-state index contributed by atoms with van der Waals surface area (Å²) in [4.78, 5) is 14.8. The van der Waals surface area contributed by atoms with Gasteiger partial charge in [-0.05, 0) is 37.8 Å². The van der Waals surface area contributed by atoms with E-state index in [0.29, 0.717) is 12.0 Å². The fraction of sp³-hybridized carbons (Fsp3) is 0.588. The third kappa shape index (κ3) is 2.97. The molecule has 0 bridgehead atoms. The number of hydrogen-bond acceptors (Lipinski definition) is 2. The third-order valence-corrected chi connectivity index (χ3v) is 4.56. The summed E-state index contributed by atoms with van der Waals surface area (Å²) in [6, 6.07) is 6.38. The second-order valence-electron chi connectivity index (χ2n) is 6.04. The van der Waals surface area contributed by atoms with Crippen molar-refractivity contribution < 1.29 is 4.79 Å². The van der Waals surface area contributed by atoms with E-state index < -0.39 is 0 Å². The van der Waals surface area contributed by atoms with E-state index in [4.69, 9.17) is 0 Å². The Kier molecular flexibility index (Phi) is 4.69. The molecule has 1 saturated carbocycles. The largest absolute Gasteiger partial charge is 0.387 e. The van der Waals surface area contributed by atoms with Crippen LogP contribution in [-0.2, 0) is 0 Å². The van der Waals surface area contributed by atoms with Crippen LogP contribution >= 0.6 is 0 Å². The van der Waals surface area contributed by atoms with Gasteiger partial charge < -0.3 is 10.2 Å². The maximum absolute atomic E-state index is 12.8. The summed E-state index contributed by atoms with van der Waals surface area (Å²) in [5, 5.41) is 3.13. The number of aryl methyl sites for hydroxylation is 1. The number of nitrogens with zero attached hydrogens (tertiary/aromatic N) is 1. The zero-order valence-electron chi connectivity index (χ0n) is 13.1. The fourth-order valence-electron chi connectivity index (χ4n) is 3.27. The molecule has 2 atom stereocenters. The van der Waals surface area contributed by atoms with Crippen molar-refractivity contribution in [1.82, 2.24) is 4.90 Å². The molecule has 3 heteroatoms. The molecule has 110 valence electrons. The van der Waals surface area contributed by atoms with Gasteiger partial charge in [-0.15, -0.1) is 0 Å². The van der Waals surface area contributed by atoms with Crippen molar-refractivity contribution >= 4 is 11.6 Å². The lowest BCUT2D eigenvalue weighted by atomic mass is 9.85. The molecule has 0 spiro atoms. The quantitative estimate of drug-likeness (QED) is 0.911. The topological polar surface area (TPSA) is 32.3 Å². The molecule has 20 heavy (non-hydrogen) atoms. The van der Waals surface area contributed by atoms with Crippen molar-refractivity contribution in [2.24, 2.45) is 5.92 Å². The molecule has 1 fully saturated rings. The highest BCUT2D eigenvalue weighted by molar-refractivity contribution is 5.99. The molecule has 0 heterocycles. The first-order valence-electron chi connectivity index (χ1n) is 7.60. The monoisotopic (exact) mass is 274 g/mol. The predicted molar refractivity (Wildman–Crippen MR) is 84.2 cm³/mol. The Morgan fingerprint density at radius 1 is 1.30 bits per heavy atom. The minimum absolute atomic E-state index is 0.136. The molecule has 1 aliphatic rings. The first-order chi connectivity index (χ1) is 9.54. The predicted octanol–water partition coefficient (Wildman–Crippen LogP) is 3.69. The zero-order valence-corrected chi connectivity index (χ0v) is 13.1. The molecule has 1 amide bonds. The van der Waals surface area contributed by atoms with E-state index in [-0.39, 0.29) is 5.91 Å². The minimum atomic E-state index is 0.136. The van der Waals surface area contributed by atoms with E-state index in [2.05, 4.69) is 12.2 Å². The Labute approximate surface area is 122 Å². The standard InChI is InChI=1S/C17H26N2O/c1-12-9-10-15(18-3)14(11-12)17(20)19(4)16-8-6-5-7-13(16)2/h9-11,13,16,18H,5-8H2,1-4H3. The summed E-state index contributed by atoms with van der Waals surface area (Å²) < 4.78 is 0. The van der Waals surface area contributed by atoms with E-state index in [1.165, 1.54) is 19.3 Å². The van der Waals surface area contributed by atoms with Crippen molar-refractivity contribution in [1.29, 1.82) is 0 Å². The van der Waals surface area contributed by atoms with E-state index in [1.807, 2.05) is 44.1 Å². The smallest absolute Gasteiger partial charge is 0.255 e. The van der Waals surface area contributed by atoms with Gasteiger partial charge in [-0.2, -0.15) is 0 Å². The van der Waals surface area contributed by atoms with Crippen LogP contribution in [0.4, 0.5) is 5.69 Å². The number of hydrogen-bond donors (Lipinski definition) is 1. The second-order valence-corrected chi connectivity index (χ2v) is 6.04. The molecule has 1 N–H and O–H groups in total. The molecule has 2 rings (SSSR count). The van der Waals surface area contributed by atoms with Gasteiger partial charge in [-0.1, -0.05) is 31.4 Å². The number of benzene rings is 1. The number of nitrogens with one attached hydrogen (secondary N) is 1. The molecule has 0 aliphatic heterocycles. The Hall–Kier alpha value is -1.51. The summed E-state index contributed by atoms with van der Waals surface area (Å²) in [6.45, 7) is 4.29. The molecule has 0 radical (unpaired) electrons. The molecular formula is C17H26N2O. The van der Waals surface area contributed by atoms with E-state index >= 15 is 0 Å². The molecule has 1 aromatic rings. The van der Waals surface area contributed by atoms with Gasteiger partial charge in [-0.25, -0.2) is 0 Å². The van der Waals surface area contributed by atoms with Crippen LogP contribution in [0.15, 0.2) is 18.2 Å². The van der Waals surface area contributed by atoms with Gasteiger partial charge in [0.1, 0.15) is 0 Å². The van der Waals surface area contributed by atoms with Gasteiger partial charge in [0.15, 0.2) is 0 Å². The second kappa shape index (κ2) is 6.29. The summed E-state index contributed by atoms with van der Waals surface area (Å²) >= 11 is 0. The SMILES string of the molecule is CNc1ccc(C)cc1C(=O)N(C)C1CCCCC1C. The van der Waals surface area contributed by atoms with Gasteiger partial charge >= 0.3 is 0 Å². The Bertz CT molecular complexity index is 484. The van der Waals surface area contributed by atoms with Gasteiger partial charge in [0, 0.05) is 25.8 Å². The van der Waals surface area contributed by atoms with E-state index in [1.54, 1.807) is 0 Å². The lowest BCUT2D eigenvalue weighted by Crippen LogP contribution is -2.42. The third-order valence-electron chi connectivity index (χ3n) is 4.56. The van der Waals surface area contributed by atoms with Crippen LogP contribution in [0.3, 0.4) is 0 Å². The molecule has 1 aromatic carbocycles. The molecule has 2 unspecified atom stereocenters. The van der Waals surface area contributed by atoms with Gasteiger partial charge in [0.2, 0.25) is 0 Å². The van der Waals surface area contributed by atoms with Gasteiger partial charge in [0.05, 0.1) is 5.56 Å². The number of carbonyl (C=O) groups excluding carboxylic acids is 1. The van der Waals surface area contributed by atoms with E-state index in [0.717, 1.165) is 23.2 Å². The normalized spacial score (nSPS) is 22.4. The fourth-order valence-corrected chi connectivity index (χ4v) is 3.27. The molecule has 3 nitrogen and oxygen atoms in total. The highest BCUT2D eigenvalue weighted by Crippen LogP contribution is 2.29. The van der Waals surface area contributed by atoms with Crippen molar-refractivity contribution in [3.63, 3.8) is 0 Å². The molecule has 0 saturated heterocycles. The highest BCUT2D eigenvalue weighted by atomic mass is 16.2. The van der Waals surface area contributed by atoms with Crippen molar-refractivity contribution in [2.75, 3.05) is 19.4 Å². The summed E-state index contributed by atoms with van der Waals surface area (Å²) in [5.74, 6) is 0.734. The number of anilines is 1. The summed E-state index contributed by atoms with van der Waals surface area (Å²) in [5.41, 5.74) is 2.82. The van der Waals surface area contributed by atoms with Crippen molar-refractivity contribution in [3.8, 4) is 0 Å². The first-order valence-corrected chi connectivity index (χ1v) is 7.60. The van der Waals surface area contributed by atoms with Crippen LogP contribution in [-0.4, -0.2) is 30.9 Å². The van der Waals surface area contributed by atoms with E-state index in [9.17, 15) is 4.79 Å². The summed E-state index contributed by atoms with van der Waals surface area (Å²) in [6.07, 6.45) is 4.89. The maximum Gasteiger partial charge on any atom is 0.255 e. The van der Waals surface area contributed by atoms with Crippen LogP contribution in [0.2, 0.25) is 0 Å². The minimum Gasteiger partial charge on any atom is -0.387 e. The molecule has 0 aromatic heterocycles. The first kappa shape index (κ1) is 14.9. The Balaban J connectivity index is 2.23. The number of amides is 1. The molecule has 1 aliphatic carbocycles. The maximum atomic E-state index is 12.8. The Morgan fingerprint density at radius 3 is 2.65 bits per heavy atom.